The Balaban J connectivity index is 1.71. The molecular formula is C22H20FN5O. The molecule has 2 aromatic carbocycles. The zero-order valence-corrected chi connectivity index (χ0v) is 16.4. The van der Waals surface area contributed by atoms with Crippen LogP contribution < -0.4 is 5.32 Å². The number of nitrogens with one attached hydrogen (secondary N) is 1. The molecule has 0 fully saturated rings. The highest BCUT2D eigenvalue weighted by Crippen LogP contribution is 2.23. The SMILES string of the molecule is CC(=O)c1ccc(Nc2c(C)c(C)nc3nc(Cc4cccc(F)c4)nn23)cc1. The molecule has 7 heteroatoms. The van der Waals surface area contributed by atoms with Crippen LogP contribution in [-0.4, -0.2) is 25.4 Å². The average Bonchev–Trinajstić information content (AvgIpc) is 3.07. The van der Waals surface area contributed by atoms with Crippen LogP contribution in [0.25, 0.3) is 5.78 Å². The lowest BCUT2D eigenvalue weighted by molar-refractivity contribution is 0.101. The summed E-state index contributed by atoms with van der Waals surface area (Å²) in [6.07, 6.45) is 0.409. The number of benzene rings is 2. The van der Waals surface area contributed by atoms with Gasteiger partial charge in [0.1, 0.15) is 11.6 Å². The van der Waals surface area contributed by atoms with E-state index in [4.69, 9.17) is 0 Å². The van der Waals surface area contributed by atoms with Gasteiger partial charge in [0.05, 0.1) is 0 Å². The molecule has 0 bridgehead atoms. The minimum Gasteiger partial charge on any atom is -0.340 e. The number of carbonyl (C=O) groups excluding carboxylic acids is 1. The summed E-state index contributed by atoms with van der Waals surface area (Å²) >= 11 is 0. The summed E-state index contributed by atoms with van der Waals surface area (Å²) < 4.78 is 15.1. The van der Waals surface area contributed by atoms with Gasteiger partial charge in [0.15, 0.2) is 11.6 Å². The molecule has 4 aromatic rings. The van der Waals surface area contributed by atoms with Crippen LogP contribution in [0.2, 0.25) is 0 Å². The van der Waals surface area contributed by atoms with E-state index in [0.717, 1.165) is 28.3 Å². The van der Waals surface area contributed by atoms with Crippen LogP contribution in [0.4, 0.5) is 15.9 Å². The smallest absolute Gasteiger partial charge is 0.254 e. The quantitative estimate of drug-likeness (QED) is 0.512. The van der Waals surface area contributed by atoms with Crippen LogP contribution >= 0.6 is 0 Å². The lowest BCUT2D eigenvalue weighted by Crippen LogP contribution is -2.06. The monoisotopic (exact) mass is 389 g/mol. The number of hydrogen-bond donors (Lipinski definition) is 1. The third-order valence-electron chi connectivity index (χ3n) is 4.82. The third-order valence-corrected chi connectivity index (χ3v) is 4.82. The van der Waals surface area contributed by atoms with E-state index < -0.39 is 0 Å². The van der Waals surface area contributed by atoms with Crippen molar-refractivity contribution in [1.29, 1.82) is 0 Å². The molecule has 0 aliphatic carbocycles. The Kier molecular flexibility index (Phi) is 4.80. The third kappa shape index (κ3) is 3.85. The van der Waals surface area contributed by atoms with Crippen LogP contribution in [0.5, 0.6) is 0 Å². The number of Topliss-reactive ketones (excluding diaryl/α,β-unsaturated/α-hetero) is 1. The molecule has 0 spiro atoms. The molecule has 0 radical (unpaired) electrons. The van der Waals surface area contributed by atoms with Gasteiger partial charge in [-0.3, -0.25) is 4.79 Å². The van der Waals surface area contributed by atoms with Crippen molar-refractivity contribution >= 4 is 23.1 Å². The van der Waals surface area contributed by atoms with Gasteiger partial charge in [0.2, 0.25) is 0 Å². The lowest BCUT2D eigenvalue weighted by atomic mass is 10.1. The van der Waals surface area contributed by atoms with Gasteiger partial charge in [-0.05, 0) is 62.7 Å². The maximum absolute atomic E-state index is 13.5. The molecule has 1 N–H and O–H groups in total. The van der Waals surface area contributed by atoms with Crippen molar-refractivity contribution in [1.82, 2.24) is 19.6 Å². The normalized spacial score (nSPS) is 11.0. The van der Waals surface area contributed by atoms with E-state index in [2.05, 4.69) is 20.4 Å². The fraction of sp³-hybridized carbons (Fsp3) is 0.182. The van der Waals surface area contributed by atoms with Crippen molar-refractivity contribution in [2.75, 3.05) is 5.32 Å². The number of nitrogens with zero attached hydrogens (tertiary/aromatic N) is 4. The highest BCUT2D eigenvalue weighted by molar-refractivity contribution is 5.94. The Morgan fingerprint density at radius 3 is 2.55 bits per heavy atom. The Labute approximate surface area is 167 Å². The molecule has 2 heterocycles. The van der Waals surface area contributed by atoms with Crippen LogP contribution in [0, 0.1) is 19.7 Å². The fourth-order valence-electron chi connectivity index (χ4n) is 3.11. The van der Waals surface area contributed by atoms with E-state index in [0.29, 0.717) is 23.6 Å². The topological polar surface area (TPSA) is 72.2 Å². The molecule has 0 amide bonds. The first kappa shape index (κ1) is 18.7. The van der Waals surface area contributed by atoms with E-state index in [-0.39, 0.29) is 11.6 Å². The van der Waals surface area contributed by atoms with Gasteiger partial charge in [0.25, 0.3) is 5.78 Å². The van der Waals surface area contributed by atoms with Crippen molar-refractivity contribution in [3.8, 4) is 0 Å². The Morgan fingerprint density at radius 2 is 1.86 bits per heavy atom. The minimum absolute atomic E-state index is 0.0214. The van der Waals surface area contributed by atoms with Crippen LogP contribution in [0.15, 0.2) is 48.5 Å². The van der Waals surface area contributed by atoms with E-state index >= 15 is 0 Å². The molecule has 0 atom stereocenters. The fourth-order valence-corrected chi connectivity index (χ4v) is 3.11. The number of hydrogen-bond acceptors (Lipinski definition) is 5. The first-order valence-electron chi connectivity index (χ1n) is 9.26. The van der Waals surface area contributed by atoms with E-state index in [1.54, 1.807) is 22.7 Å². The molecule has 146 valence electrons. The average molecular weight is 389 g/mol. The predicted octanol–water partition coefficient (Wildman–Crippen LogP) is 4.42. The molecule has 0 aliphatic rings. The zero-order valence-electron chi connectivity index (χ0n) is 16.4. The lowest BCUT2D eigenvalue weighted by Gasteiger charge is -2.12. The highest BCUT2D eigenvalue weighted by atomic mass is 19.1. The Morgan fingerprint density at radius 1 is 1.10 bits per heavy atom. The van der Waals surface area contributed by atoms with Crippen LogP contribution in [-0.2, 0) is 6.42 Å². The largest absolute Gasteiger partial charge is 0.340 e. The molecule has 4 rings (SSSR count). The summed E-state index contributed by atoms with van der Waals surface area (Å²) in [5, 5.41) is 7.94. The van der Waals surface area contributed by atoms with Gasteiger partial charge < -0.3 is 5.32 Å². The van der Waals surface area contributed by atoms with Gasteiger partial charge in [0, 0.05) is 28.9 Å². The summed E-state index contributed by atoms with van der Waals surface area (Å²) in [5.74, 6) is 1.52. The molecule has 0 aliphatic heterocycles. The summed E-state index contributed by atoms with van der Waals surface area (Å²) in [7, 11) is 0. The molecular weight excluding hydrogens is 369 g/mol. The number of aryl methyl sites for hydroxylation is 1. The second-order valence-corrected chi connectivity index (χ2v) is 6.98. The Bertz CT molecular complexity index is 1210. The summed E-state index contributed by atoms with van der Waals surface area (Å²) in [4.78, 5) is 20.5. The maximum atomic E-state index is 13.5. The number of rotatable bonds is 5. The number of fused-ring (bicyclic) bond motifs is 1. The molecule has 0 unspecified atom stereocenters. The maximum Gasteiger partial charge on any atom is 0.254 e. The van der Waals surface area contributed by atoms with Crippen LogP contribution in [0.1, 0.15) is 39.9 Å². The van der Waals surface area contributed by atoms with Gasteiger partial charge in [-0.15, -0.1) is 5.10 Å². The van der Waals surface area contributed by atoms with Gasteiger partial charge in [-0.2, -0.15) is 9.50 Å². The molecule has 2 aromatic heterocycles. The number of carbonyl (C=O) groups is 1. The van der Waals surface area contributed by atoms with Gasteiger partial charge in [-0.1, -0.05) is 12.1 Å². The highest BCUT2D eigenvalue weighted by Gasteiger charge is 2.15. The number of ketones is 1. The van der Waals surface area contributed by atoms with Crippen molar-refractivity contribution < 1.29 is 9.18 Å². The van der Waals surface area contributed by atoms with E-state index in [9.17, 15) is 9.18 Å². The molecule has 0 saturated carbocycles. The second kappa shape index (κ2) is 7.43. The summed E-state index contributed by atoms with van der Waals surface area (Å²) in [6.45, 7) is 5.42. The second-order valence-electron chi connectivity index (χ2n) is 6.98. The predicted molar refractivity (Wildman–Crippen MR) is 109 cm³/mol. The van der Waals surface area contributed by atoms with Crippen molar-refractivity contribution in [3.05, 3.63) is 82.6 Å². The Hall–Kier alpha value is -3.61. The summed E-state index contributed by atoms with van der Waals surface area (Å²) in [5.41, 5.74) is 4.05. The summed E-state index contributed by atoms with van der Waals surface area (Å²) in [6, 6.07) is 13.7. The first-order chi connectivity index (χ1) is 13.9. The first-order valence-corrected chi connectivity index (χ1v) is 9.26. The number of aromatic nitrogens is 4. The zero-order chi connectivity index (χ0) is 20.5. The van der Waals surface area contributed by atoms with Crippen LogP contribution in [0.3, 0.4) is 0 Å². The standard InChI is InChI=1S/C22H20FN5O/c1-13-14(2)24-22-26-20(12-16-5-4-6-18(23)11-16)27-28(22)21(13)25-19-9-7-17(8-10-19)15(3)29/h4-11,25H,12H2,1-3H3. The molecule has 29 heavy (non-hydrogen) atoms. The molecule has 6 nitrogen and oxygen atoms in total. The number of anilines is 2. The van der Waals surface area contributed by atoms with E-state index in [1.165, 1.54) is 19.1 Å². The van der Waals surface area contributed by atoms with Crippen molar-refractivity contribution in [2.45, 2.75) is 27.2 Å². The van der Waals surface area contributed by atoms with E-state index in [1.807, 2.05) is 32.0 Å². The van der Waals surface area contributed by atoms with Crippen molar-refractivity contribution in [3.63, 3.8) is 0 Å². The number of halogens is 1. The minimum atomic E-state index is -0.285. The van der Waals surface area contributed by atoms with Crippen molar-refractivity contribution in [2.24, 2.45) is 0 Å². The molecule has 0 saturated heterocycles. The van der Waals surface area contributed by atoms with Gasteiger partial charge in [-0.25, -0.2) is 9.37 Å². The van der Waals surface area contributed by atoms with Gasteiger partial charge >= 0.3 is 0 Å².